The molecule has 3 heterocycles. The van der Waals surface area contributed by atoms with Crippen molar-refractivity contribution in [2.45, 2.75) is 32.2 Å². The van der Waals surface area contributed by atoms with Gasteiger partial charge in [0.25, 0.3) is 5.91 Å². The predicted octanol–water partition coefficient (Wildman–Crippen LogP) is 4.34. The molecule has 0 bridgehead atoms. The van der Waals surface area contributed by atoms with Crippen molar-refractivity contribution >= 4 is 63.3 Å². The van der Waals surface area contributed by atoms with Crippen molar-refractivity contribution in [2.75, 3.05) is 5.32 Å². The lowest BCUT2D eigenvalue weighted by Gasteiger charge is -2.12. The zero-order chi connectivity index (χ0) is 24.7. The van der Waals surface area contributed by atoms with Gasteiger partial charge in [-0.3, -0.25) is 25.0 Å². The van der Waals surface area contributed by atoms with E-state index in [-0.39, 0.29) is 11.0 Å². The monoisotopic (exact) mass is 528 g/mol. The summed E-state index contributed by atoms with van der Waals surface area (Å²) in [5.41, 5.74) is 9.12. The Kier molecular flexibility index (Phi) is 6.35. The van der Waals surface area contributed by atoms with E-state index in [0.29, 0.717) is 39.5 Å². The van der Waals surface area contributed by atoms with Crippen LogP contribution in [0.1, 0.15) is 46.1 Å². The Labute approximate surface area is 216 Å². The second-order valence-electron chi connectivity index (χ2n) is 8.42. The van der Waals surface area contributed by atoms with Crippen molar-refractivity contribution in [3.8, 4) is 0 Å². The van der Waals surface area contributed by atoms with Gasteiger partial charge in [-0.1, -0.05) is 41.4 Å². The van der Waals surface area contributed by atoms with Gasteiger partial charge >= 0.3 is 0 Å². The molecule has 0 saturated heterocycles. The summed E-state index contributed by atoms with van der Waals surface area (Å²) >= 11 is 17.9. The Hall–Kier alpha value is -3.21. The van der Waals surface area contributed by atoms with Crippen molar-refractivity contribution < 1.29 is 4.79 Å². The van der Waals surface area contributed by atoms with Crippen LogP contribution in [0.2, 0.25) is 10.0 Å². The summed E-state index contributed by atoms with van der Waals surface area (Å²) in [6, 6.07) is 9.36. The standard InChI is InChI=1S/C23H22Cl2N8OS/c1-12-19-15(9-18(13-7-8-13)26-21(19)32(2)30-12)22(34)28-29-23(35)27-20-17(25)11-33(31-20)10-14-5-3-4-6-16(14)24/h3-6,9,11,13H,7-8,10H2,1-2H3,(H,28,34)(H2,27,29,31,35). The minimum atomic E-state index is -0.338. The fourth-order valence-corrected chi connectivity index (χ4v) is 4.46. The molecule has 1 fully saturated rings. The third-order valence-corrected chi connectivity index (χ3v) is 6.61. The summed E-state index contributed by atoms with van der Waals surface area (Å²) in [6.07, 6.45) is 3.83. The molecule has 9 nitrogen and oxygen atoms in total. The van der Waals surface area contributed by atoms with E-state index in [1.165, 1.54) is 0 Å². The Balaban J connectivity index is 1.27. The Morgan fingerprint density at radius 3 is 2.69 bits per heavy atom. The van der Waals surface area contributed by atoms with Gasteiger partial charge < -0.3 is 5.32 Å². The molecular weight excluding hydrogens is 507 g/mol. The SMILES string of the molecule is Cc1nn(C)c2nc(C3CC3)cc(C(=O)NNC(=S)Nc3nn(Cc4ccccc4Cl)cc3Cl)c12. The highest BCUT2D eigenvalue weighted by molar-refractivity contribution is 7.80. The Morgan fingerprint density at radius 2 is 1.94 bits per heavy atom. The summed E-state index contributed by atoms with van der Waals surface area (Å²) in [4.78, 5) is 17.8. The van der Waals surface area contributed by atoms with E-state index in [4.69, 9.17) is 40.4 Å². The summed E-state index contributed by atoms with van der Waals surface area (Å²) in [7, 11) is 1.83. The third kappa shape index (κ3) is 4.95. The maximum atomic E-state index is 13.1. The van der Waals surface area contributed by atoms with Crippen molar-refractivity contribution in [3.63, 3.8) is 0 Å². The van der Waals surface area contributed by atoms with Gasteiger partial charge in [-0.2, -0.15) is 10.2 Å². The van der Waals surface area contributed by atoms with Crippen LogP contribution >= 0.6 is 35.4 Å². The molecule has 0 unspecified atom stereocenters. The van der Waals surface area contributed by atoms with Crippen molar-refractivity contribution in [1.82, 2.24) is 35.4 Å². The van der Waals surface area contributed by atoms with E-state index in [1.807, 2.05) is 44.3 Å². The number of carbonyl (C=O) groups is 1. The van der Waals surface area contributed by atoms with Gasteiger partial charge in [-0.15, -0.1) is 0 Å². The van der Waals surface area contributed by atoms with E-state index < -0.39 is 0 Å². The molecule has 0 atom stereocenters. The van der Waals surface area contributed by atoms with E-state index in [2.05, 4.69) is 26.4 Å². The number of hydrogen-bond donors (Lipinski definition) is 3. The van der Waals surface area contributed by atoms with Crippen LogP contribution in [0, 0.1) is 6.92 Å². The maximum Gasteiger partial charge on any atom is 0.270 e. The molecule has 0 radical (unpaired) electrons. The van der Waals surface area contributed by atoms with Crippen LogP contribution in [0.15, 0.2) is 36.5 Å². The molecule has 0 aliphatic heterocycles. The van der Waals surface area contributed by atoms with Gasteiger partial charge in [-0.25, -0.2) is 4.98 Å². The highest BCUT2D eigenvalue weighted by atomic mass is 35.5. The van der Waals surface area contributed by atoms with Gasteiger partial charge in [0.15, 0.2) is 16.6 Å². The van der Waals surface area contributed by atoms with Crippen molar-refractivity contribution in [3.05, 3.63) is 69.1 Å². The zero-order valence-corrected chi connectivity index (χ0v) is 21.3. The second kappa shape index (κ2) is 9.44. The molecule has 0 spiro atoms. The average molecular weight is 529 g/mol. The van der Waals surface area contributed by atoms with E-state index in [9.17, 15) is 4.79 Å². The number of thiocarbonyl (C=S) groups is 1. The number of nitrogens with zero attached hydrogens (tertiary/aromatic N) is 5. The van der Waals surface area contributed by atoms with Crippen LogP contribution in [0.3, 0.4) is 0 Å². The molecule has 3 N–H and O–H groups in total. The van der Waals surface area contributed by atoms with E-state index >= 15 is 0 Å². The largest absolute Gasteiger partial charge is 0.313 e. The van der Waals surface area contributed by atoms with Gasteiger partial charge in [0.05, 0.1) is 23.2 Å². The first-order chi connectivity index (χ1) is 16.8. The molecule has 180 valence electrons. The number of carbonyl (C=O) groups excluding carboxylic acids is 1. The van der Waals surface area contributed by atoms with Crippen LogP contribution in [0.4, 0.5) is 5.82 Å². The molecule has 1 aliphatic rings. The van der Waals surface area contributed by atoms with E-state index in [0.717, 1.165) is 35.2 Å². The van der Waals surface area contributed by atoms with E-state index in [1.54, 1.807) is 15.6 Å². The number of hydrogen-bond acceptors (Lipinski definition) is 5. The lowest BCUT2D eigenvalue weighted by atomic mass is 10.1. The normalized spacial score (nSPS) is 13.1. The number of halogens is 2. The Morgan fingerprint density at radius 1 is 1.17 bits per heavy atom. The first kappa shape index (κ1) is 23.5. The Bertz CT molecular complexity index is 1460. The second-order valence-corrected chi connectivity index (χ2v) is 9.65. The summed E-state index contributed by atoms with van der Waals surface area (Å²) in [5, 5.41) is 13.6. The molecule has 5 rings (SSSR count). The number of hydrazine groups is 1. The summed E-state index contributed by atoms with van der Waals surface area (Å²) < 4.78 is 3.36. The summed E-state index contributed by atoms with van der Waals surface area (Å²) in [5.74, 6) is 0.408. The van der Waals surface area contributed by atoms with Crippen LogP contribution in [0.25, 0.3) is 11.0 Å². The molecule has 3 aromatic heterocycles. The fourth-order valence-electron chi connectivity index (χ4n) is 3.92. The molecule has 1 aromatic carbocycles. The van der Waals surface area contributed by atoms with Gasteiger partial charge in [-0.05, 0) is 49.7 Å². The lowest BCUT2D eigenvalue weighted by molar-refractivity contribution is 0.0945. The molecule has 4 aromatic rings. The van der Waals surface area contributed by atoms with Crippen LogP contribution < -0.4 is 16.2 Å². The van der Waals surface area contributed by atoms with Crippen LogP contribution in [-0.2, 0) is 13.6 Å². The predicted molar refractivity (Wildman–Crippen MR) is 140 cm³/mol. The number of aromatic nitrogens is 5. The third-order valence-electron chi connectivity index (χ3n) is 5.76. The first-order valence-corrected chi connectivity index (χ1v) is 12.1. The molecule has 1 amide bonds. The highest BCUT2D eigenvalue weighted by Crippen LogP contribution is 2.40. The molecular formula is C23H22Cl2N8OS. The average Bonchev–Trinajstić information content (AvgIpc) is 3.57. The number of nitrogens with one attached hydrogen (secondary N) is 3. The smallest absolute Gasteiger partial charge is 0.270 e. The number of amides is 1. The topological polar surface area (TPSA) is 102 Å². The number of anilines is 1. The van der Waals surface area contributed by atoms with Crippen LogP contribution in [0.5, 0.6) is 0 Å². The summed E-state index contributed by atoms with van der Waals surface area (Å²) in [6.45, 7) is 2.31. The zero-order valence-electron chi connectivity index (χ0n) is 19.0. The minimum Gasteiger partial charge on any atom is -0.313 e. The number of fused-ring (bicyclic) bond motifs is 1. The van der Waals surface area contributed by atoms with Gasteiger partial charge in [0, 0.05) is 29.9 Å². The first-order valence-electron chi connectivity index (χ1n) is 11.0. The van der Waals surface area contributed by atoms with Gasteiger partial charge in [0.2, 0.25) is 0 Å². The van der Waals surface area contributed by atoms with Crippen molar-refractivity contribution in [2.24, 2.45) is 7.05 Å². The lowest BCUT2D eigenvalue weighted by Crippen LogP contribution is -2.44. The fraction of sp³-hybridized carbons (Fsp3) is 0.261. The number of rotatable bonds is 5. The number of pyridine rings is 1. The molecule has 12 heteroatoms. The molecule has 1 saturated carbocycles. The minimum absolute atomic E-state index is 0.138. The maximum absolute atomic E-state index is 13.1. The number of benzene rings is 1. The van der Waals surface area contributed by atoms with Crippen LogP contribution in [-0.4, -0.2) is 35.6 Å². The quantitative estimate of drug-likeness (QED) is 0.261. The van der Waals surface area contributed by atoms with Crippen molar-refractivity contribution in [1.29, 1.82) is 0 Å². The highest BCUT2D eigenvalue weighted by Gasteiger charge is 2.28. The van der Waals surface area contributed by atoms with Gasteiger partial charge in [0.1, 0.15) is 5.02 Å². The molecule has 35 heavy (non-hydrogen) atoms. The molecule has 1 aliphatic carbocycles. The number of aryl methyl sites for hydroxylation is 2.